The van der Waals surface area contributed by atoms with Gasteiger partial charge in [-0.3, -0.25) is 4.79 Å². The number of hydrogen-bond acceptors (Lipinski definition) is 2. The highest BCUT2D eigenvalue weighted by atomic mass is 35.5. The summed E-state index contributed by atoms with van der Waals surface area (Å²) in [6, 6.07) is 0. The molecule has 2 saturated carbocycles. The van der Waals surface area contributed by atoms with Crippen molar-refractivity contribution < 1.29 is 15.0 Å². The summed E-state index contributed by atoms with van der Waals surface area (Å²) in [5.74, 6) is 6.77. The molecule has 0 saturated heterocycles. The third-order valence-corrected chi connectivity index (χ3v) is 5.87. The summed E-state index contributed by atoms with van der Waals surface area (Å²) in [5, 5.41) is 18.9. The molecule has 0 aromatic carbocycles. The topological polar surface area (TPSA) is 57.5 Å². The first-order valence-corrected chi connectivity index (χ1v) is 9.54. The molecule has 3 nitrogen and oxygen atoms in total. The number of unbranched alkanes of at least 4 members (excludes halogenated alkanes) is 1. The van der Waals surface area contributed by atoms with Crippen molar-refractivity contribution in [3.8, 4) is 11.8 Å². The minimum atomic E-state index is -0.747. The van der Waals surface area contributed by atoms with E-state index in [1.165, 1.54) is 32.1 Å². The van der Waals surface area contributed by atoms with E-state index < -0.39 is 12.1 Å². The summed E-state index contributed by atoms with van der Waals surface area (Å²) >= 11 is 6.39. The highest BCUT2D eigenvalue weighted by molar-refractivity contribution is 6.21. The molecule has 2 aliphatic carbocycles. The van der Waals surface area contributed by atoms with Crippen LogP contribution >= 0.6 is 11.6 Å². The normalized spacial score (nSPS) is 31.6. The van der Waals surface area contributed by atoms with E-state index >= 15 is 0 Å². The molecule has 2 fully saturated rings. The second-order valence-electron chi connectivity index (χ2n) is 7.18. The average Bonchev–Trinajstić information content (AvgIpc) is 2.79. The van der Waals surface area contributed by atoms with E-state index in [1.54, 1.807) is 0 Å². The van der Waals surface area contributed by atoms with Gasteiger partial charge in [0.15, 0.2) is 0 Å². The van der Waals surface area contributed by atoms with Gasteiger partial charge in [0.05, 0.1) is 12.0 Å². The van der Waals surface area contributed by atoms with Crippen molar-refractivity contribution in [2.24, 2.45) is 17.8 Å². The average molecular weight is 341 g/mol. The van der Waals surface area contributed by atoms with Crippen LogP contribution in [0.5, 0.6) is 0 Å². The Morgan fingerprint density at radius 2 is 1.91 bits per heavy atom. The van der Waals surface area contributed by atoms with Gasteiger partial charge >= 0.3 is 5.97 Å². The smallest absolute Gasteiger partial charge is 0.303 e. The van der Waals surface area contributed by atoms with Crippen molar-refractivity contribution in [1.82, 2.24) is 0 Å². The third kappa shape index (κ3) is 6.01. The van der Waals surface area contributed by atoms with Crippen molar-refractivity contribution in [3.05, 3.63) is 0 Å². The van der Waals surface area contributed by atoms with Crippen LogP contribution in [0.2, 0.25) is 0 Å². The van der Waals surface area contributed by atoms with Crippen LogP contribution in [0.4, 0.5) is 0 Å². The molecule has 1 unspecified atom stereocenters. The molecule has 23 heavy (non-hydrogen) atoms. The molecule has 2 rings (SSSR count). The van der Waals surface area contributed by atoms with Crippen molar-refractivity contribution in [2.75, 3.05) is 0 Å². The SMILES string of the molecule is O=C(O)CCCC[C@@H]1C(C#CCC2CCCCC2)[C@H](O)C[C@H]1Cl. The molecule has 0 heterocycles. The van der Waals surface area contributed by atoms with Crippen LogP contribution in [0.25, 0.3) is 0 Å². The molecule has 0 aromatic rings. The Balaban J connectivity index is 1.82. The summed E-state index contributed by atoms with van der Waals surface area (Å²) in [7, 11) is 0. The zero-order valence-corrected chi connectivity index (χ0v) is 14.6. The Morgan fingerprint density at radius 3 is 2.61 bits per heavy atom. The van der Waals surface area contributed by atoms with Gasteiger partial charge in [-0.05, 0) is 43.9 Å². The van der Waals surface area contributed by atoms with E-state index in [4.69, 9.17) is 16.7 Å². The standard InChI is InChI=1S/C19H29ClO3/c20-17-13-18(21)16(15(17)10-4-5-12-19(22)23)11-6-9-14-7-2-1-3-8-14/h14-18,21H,1-5,7-10,12-13H2,(H,22,23)/t15-,16?,17-,18-/m1/s1. The highest BCUT2D eigenvalue weighted by Crippen LogP contribution is 2.39. The van der Waals surface area contributed by atoms with Gasteiger partial charge in [0.1, 0.15) is 0 Å². The predicted molar refractivity (Wildman–Crippen MR) is 92.3 cm³/mol. The molecule has 0 bridgehead atoms. The van der Waals surface area contributed by atoms with Crippen LogP contribution in [0.15, 0.2) is 0 Å². The van der Waals surface area contributed by atoms with E-state index in [2.05, 4.69) is 11.8 Å². The maximum atomic E-state index is 10.6. The molecule has 0 aromatic heterocycles. The molecule has 4 heteroatoms. The van der Waals surface area contributed by atoms with Gasteiger partial charge in [0, 0.05) is 18.2 Å². The van der Waals surface area contributed by atoms with E-state index in [9.17, 15) is 9.90 Å². The maximum Gasteiger partial charge on any atom is 0.303 e. The lowest BCUT2D eigenvalue weighted by molar-refractivity contribution is -0.137. The van der Waals surface area contributed by atoms with Gasteiger partial charge in [-0.1, -0.05) is 31.6 Å². The van der Waals surface area contributed by atoms with Crippen LogP contribution in [0.3, 0.4) is 0 Å². The highest BCUT2D eigenvalue weighted by Gasteiger charge is 2.40. The lowest BCUT2D eigenvalue weighted by Gasteiger charge is -2.20. The van der Waals surface area contributed by atoms with E-state index in [0.717, 1.165) is 25.2 Å². The largest absolute Gasteiger partial charge is 0.481 e. The first-order chi connectivity index (χ1) is 11.1. The van der Waals surface area contributed by atoms with Crippen molar-refractivity contribution in [2.45, 2.75) is 82.1 Å². The lowest BCUT2D eigenvalue weighted by atomic mass is 9.86. The van der Waals surface area contributed by atoms with Crippen LogP contribution in [0.1, 0.15) is 70.6 Å². The number of hydrogen-bond donors (Lipinski definition) is 2. The maximum absolute atomic E-state index is 10.6. The summed E-state index contributed by atoms with van der Waals surface area (Å²) in [6.45, 7) is 0. The van der Waals surface area contributed by atoms with Gasteiger partial charge in [0.25, 0.3) is 0 Å². The van der Waals surface area contributed by atoms with Gasteiger partial charge in [0.2, 0.25) is 0 Å². The molecular weight excluding hydrogens is 312 g/mol. The number of aliphatic carboxylic acids is 1. The minimum Gasteiger partial charge on any atom is -0.481 e. The molecule has 0 radical (unpaired) electrons. The van der Waals surface area contributed by atoms with E-state index in [1.807, 2.05) is 0 Å². The van der Waals surface area contributed by atoms with Crippen molar-refractivity contribution >= 4 is 17.6 Å². The fraction of sp³-hybridized carbons (Fsp3) is 0.842. The number of carbonyl (C=O) groups is 1. The van der Waals surface area contributed by atoms with Gasteiger partial charge in [-0.2, -0.15) is 0 Å². The van der Waals surface area contributed by atoms with Crippen LogP contribution < -0.4 is 0 Å². The van der Waals surface area contributed by atoms with Crippen LogP contribution in [0, 0.1) is 29.6 Å². The number of aliphatic hydroxyl groups is 1. The first kappa shape index (κ1) is 18.6. The number of carboxylic acids is 1. The first-order valence-electron chi connectivity index (χ1n) is 9.10. The number of aliphatic hydroxyl groups excluding tert-OH is 1. The summed E-state index contributed by atoms with van der Waals surface area (Å²) in [4.78, 5) is 10.6. The molecule has 0 spiro atoms. The lowest BCUT2D eigenvalue weighted by Crippen LogP contribution is -2.19. The Labute approximate surface area is 144 Å². The van der Waals surface area contributed by atoms with Crippen LogP contribution in [-0.2, 0) is 4.79 Å². The Kier molecular flexibility index (Phi) is 7.73. The molecule has 2 aliphatic rings. The molecular formula is C19H29ClO3. The third-order valence-electron chi connectivity index (χ3n) is 5.37. The minimum absolute atomic E-state index is 0.0362. The Hall–Kier alpha value is -0.720. The van der Waals surface area contributed by atoms with E-state index in [-0.39, 0.29) is 23.6 Å². The molecule has 0 aliphatic heterocycles. The molecule has 0 amide bonds. The predicted octanol–water partition coefficient (Wildman–Crippen LogP) is 4.21. The number of carboxylic acid groups (broad SMARTS) is 1. The van der Waals surface area contributed by atoms with Crippen LogP contribution in [-0.4, -0.2) is 27.7 Å². The van der Waals surface area contributed by atoms with E-state index in [0.29, 0.717) is 12.8 Å². The zero-order valence-electron chi connectivity index (χ0n) is 13.8. The fourth-order valence-electron chi connectivity index (χ4n) is 3.99. The summed E-state index contributed by atoms with van der Waals surface area (Å²) in [5.41, 5.74) is 0. The number of rotatable bonds is 6. The van der Waals surface area contributed by atoms with Gasteiger partial charge in [-0.15, -0.1) is 17.5 Å². The fourth-order valence-corrected chi connectivity index (χ4v) is 4.46. The number of halogens is 1. The summed E-state index contributed by atoms with van der Waals surface area (Å²) < 4.78 is 0. The monoisotopic (exact) mass is 340 g/mol. The molecule has 130 valence electrons. The quantitative estimate of drug-likeness (QED) is 0.432. The zero-order chi connectivity index (χ0) is 16.7. The van der Waals surface area contributed by atoms with Crippen molar-refractivity contribution in [3.63, 3.8) is 0 Å². The summed E-state index contributed by atoms with van der Waals surface area (Å²) in [6.07, 6.45) is 10.3. The number of alkyl halides is 1. The second kappa shape index (κ2) is 9.55. The Morgan fingerprint density at radius 1 is 1.17 bits per heavy atom. The van der Waals surface area contributed by atoms with Crippen molar-refractivity contribution in [1.29, 1.82) is 0 Å². The molecule has 2 N–H and O–H groups in total. The Bertz CT molecular complexity index is 434. The van der Waals surface area contributed by atoms with Gasteiger partial charge in [-0.25, -0.2) is 0 Å². The van der Waals surface area contributed by atoms with Gasteiger partial charge < -0.3 is 10.2 Å². The second-order valence-corrected chi connectivity index (χ2v) is 7.74. The molecule has 4 atom stereocenters.